The molecule has 0 amide bonds. The van der Waals surface area contributed by atoms with Crippen molar-refractivity contribution in [3.8, 4) is 11.1 Å². The van der Waals surface area contributed by atoms with Crippen LogP contribution in [0.4, 0.5) is 11.5 Å². The lowest BCUT2D eigenvalue weighted by Gasteiger charge is -2.07. The van der Waals surface area contributed by atoms with Crippen molar-refractivity contribution in [2.24, 2.45) is 0 Å². The van der Waals surface area contributed by atoms with Gasteiger partial charge in [-0.15, -0.1) is 0 Å². The standard InChI is InChI=1S/C18H16N6/c19-14-6-5-11(12-2-1-7-21-16(12)14)13-8-24(10-3-4-10)18-15(13)17(20)22-9-23-18/h1-2,5-10H,3-4,19H2,(H2,20,22,23). The average Bonchev–Trinajstić information content (AvgIpc) is 3.37. The van der Waals surface area contributed by atoms with Gasteiger partial charge in [-0.1, -0.05) is 12.1 Å². The molecule has 3 aromatic heterocycles. The second kappa shape index (κ2) is 4.67. The monoisotopic (exact) mass is 316 g/mol. The number of hydrogen-bond donors (Lipinski definition) is 2. The predicted octanol–water partition coefficient (Wildman–Crippen LogP) is 3.15. The van der Waals surface area contributed by atoms with Gasteiger partial charge in [0.1, 0.15) is 17.8 Å². The molecular weight excluding hydrogens is 300 g/mol. The number of nitrogens with two attached hydrogens (primary N) is 2. The van der Waals surface area contributed by atoms with Crippen molar-refractivity contribution < 1.29 is 0 Å². The van der Waals surface area contributed by atoms with Gasteiger partial charge >= 0.3 is 0 Å². The van der Waals surface area contributed by atoms with E-state index in [1.807, 2.05) is 24.3 Å². The van der Waals surface area contributed by atoms with Crippen LogP contribution in [0, 0.1) is 0 Å². The molecule has 0 bridgehead atoms. The summed E-state index contributed by atoms with van der Waals surface area (Å²) in [6, 6.07) is 8.39. The third kappa shape index (κ3) is 1.79. The van der Waals surface area contributed by atoms with Gasteiger partial charge in [0.25, 0.3) is 0 Å². The second-order valence-corrected chi connectivity index (χ2v) is 6.24. The van der Waals surface area contributed by atoms with Gasteiger partial charge in [0.15, 0.2) is 0 Å². The van der Waals surface area contributed by atoms with Gasteiger partial charge in [-0.3, -0.25) is 4.98 Å². The fourth-order valence-corrected chi connectivity index (χ4v) is 3.37. The molecule has 4 aromatic rings. The Kier molecular flexibility index (Phi) is 2.59. The minimum Gasteiger partial charge on any atom is -0.397 e. The second-order valence-electron chi connectivity index (χ2n) is 6.24. The van der Waals surface area contributed by atoms with E-state index in [9.17, 15) is 0 Å². The Balaban J connectivity index is 1.89. The molecule has 3 heterocycles. The molecule has 0 saturated heterocycles. The van der Waals surface area contributed by atoms with Crippen molar-refractivity contribution >= 4 is 33.4 Å². The summed E-state index contributed by atoms with van der Waals surface area (Å²) in [5.74, 6) is 0.503. The third-order valence-electron chi connectivity index (χ3n) is 4.67. The molecule has 118 valence electrons. The predicted molar refractivity (Wildman–Crippen MR) is 95.4 cm³/mol. The molecule has 1 aromatic carbocycles. The first-order chi connectivity index (χ1) is 11.7. The number of rotatable bonds is 2. The van der Waals surface area contributed by atoms with Crippen molar-refractivity contribution in [2.45, 2.75) is 18.9 Å². The fraction of sp³-hybridized carbons (Fsp3) is 0.167. The third-order valence-corrected chi connectivity index (χ3v) is 4.67. The van der Waals surface area contributed by atoms with Gasteiger partial charge in [-0.25, -0.2) is 9.97 Å². The molecule has 5 rings (SSSR count). The lowest BCUT2D eigenvalue weighted by Crippen LogP contribution is -1.96. The van der Waals surface area contributed by atoms with Crippen molar-refractivity contribution in [3.63, 3.8) is 0 Å². The lowest BCUT2D eigenvalue weighted by molar-refractivity contribution is 0.766. The normalized spacial score (nSPS) is 14.5. The summed E-state index contributed by atoms with van der Waals surface area (Å²) in [6.45, 7) is 0. The first kappa shape index (κ1) is 13.3. The van der Waals surface area contributed by atoms with Crippen LogP contribution < -0.4 is 11.5 Å². The number of nitrogen functional groups attached to an aromatic ring is 2. The topological polar surface area (TPSA) is 95.6 Å². The number of benzene rings is 1. The van der Waals surface area contributed by atoms with Crippen molar-refractivity contribution in [3.05, 3.63) is 43.0 Å². The summed E-state index contributed by atoms with van der Waals surface area (Å²) in [6.07, 6.45) is 7.79. The van der Waals surface area contributed by atoms with E-state index >= 15 is 0 Å². The summed E-state index contributed by atoms with van der Waals surface area (Å²) >= 11 is 0. The Hall–Kier alpha value is -3.15. The molecule has 1 aliphatic rings. The number of aromatic nitrogens is 4. The van der Waals surface area contributed by atoms with E-state index in [0.29, 0.717) is 17.5 Å². The Morgan fingerprint density at radius 1 is 1.00 bits per heavy atom. The van der Waals surface area contributed by atoms with E-state index in [-0.39, 0.29) is 0 Å². The zero-order valence-corrected chi connectivity index (χ0v) is 13.0. The molecule has 0 radical (unpaired) electrons. The first-order valence-electron chi connectivity index (χ1n) is 7.98. The highest BCUT2D eigenvalue weighted by atomic mass is 15.1. The molecule has 0 spiro atoms. The summed E-state index contributed by atoms with van der Waals surface area (Å²) in [5, 5.41) is 1.91. The van der Waals surface area contributed by atoms with E-state index in [1.165, 1.54) is 19.2 Å². The van der Waals surface area contributed by atoms with Crippen LogP contribution in [0.2, 0.25) is 0 Å². The van der Waals surface area contributed by atoms with Crippen LogP contribution in [0.15, 0.2) is 43.0 Å². The van der Waals surface area contributed by atoms with E-state index in [4.69, 9.17) is 11.5 Å². The number of anilines is 2. The Bertz CT molecular complexity index is 1090. The molecule has 0 unspecified atom stereocenters. The minimum atomic E-state index is 0.503. The molecule has 24 heavy (non-hydrogen) atoms. The van der Waals surface area contributed by atoms with Crippen LogP contribution in [-0.4, -0.2) is 19.5 Å². The minimum absolute atomic E-state index is 0.503. The molecule has 1 aliphatic carbocycles. The van der Waals surface area contributed by atoms with E-state index in [0.717, 1.165) is 33.1 Å². The van der Waals surface area contributed by atoms with Gasteiger partial charge in [-0.2, -0.15) is 0 Å². The smallest absolute Gasteiger partial charge is 0.146 e. The van der Waals surface area contributed by atoms with Crippen molar-refractivity contribution in [1.29, 1.82) is 0 Å². The number of fused-ring (bicyclic) bond motifs is 2. The van der Waals surface area contributed by atoms with Crippen LogP contribution >= 0.6 is 0 Å². The van der Waals surface area contributed by atoms with Crippen LogP contribution in [0.1, 0.15) is 18.9 Å². The SMILES string of the molecule is Nc1ccc(-c2cn(C3CC3)c3ncnc(N)c23)c2cccnc12. The van der Waals surface area contributed by atoms with Crippen LogP contribution in [0.25, 0.3) is 33.1 Å². The molecule has 0 atom stereocenters. The molecule has 6 heteroatoms. The van der Waals surface area contributed by atoms with Crippen LogP contribution in [0.3, 0.4) is 0 Å². The molecular formula is C18H16N6. The maximum atomic E-state index is 6.20. The van der Waals surface area contributed by atoms with E-state index in [2.05, 4.69) is 25.7 Å². The zero-order chi connectivity index (χ0) is 16.3. The highest BCUT2D eigenvalue weighted by molar-refractivity contribution is 6.09. The number of pyridine rings is 1. The van der Waals surface area contributed by atoms with E-state index < -0.39 is 0 Å². The summed E-state index contributed by atoms with van der Waals surface area (Å²) in [4.78, 5) is 13.1. The first-order valence-corrected chi connectivity index (χ1v) is 7.98. The quantitative estimate of drug-likeness (QED) is 0.554. The molecule has 0 aliphatic heterocycles. The summed E-state index contributed by atoms with van der Waals surface area (Å²) in [5.41, 5.74) is 16.8. The van der Waals surface area contributed by atoms with Crippen molar-refractivity contribution in [2.75, 3.05) is 11.5 Å². The van der Waals surface area contributed by atoms with Gasteiger partial charge < -0.3 is 16.0 Å². The molecule has 6 nitrogen and oxygen atoms in total. The summed E-state index contributed by atoms with van der Waals surface area (Å²) < 4.78 is 2.22. The maximum Gasteiger partial charge on any atom is 0.146 e. The summed E-state index contributed by atoms with van der Waals surface area (Å²) in [7, 11) is 0. The Morgan fingerprint density at radius 3 is 2.71 bits per heavy atom. The average molecular weight is 316 g/mol. The molecule has 1 saturated carbocycles. The largest absolute Gasteiger partial charge is 0.397 e. The van der Waals surface area contributed by atoms with Gasteiger partial charge in [0.05, 0.1) is 16.6 Å². The van der Waals surface area contributed by atoms with Gasteiger partial charge in [0, 0.05) is 29.4 Å². The van der Waals surface area contributed by atoms with Crippen LogP contribution in [-0.2, 0) is 0 Å². The Labute approximate surface area is 138 Å². The van der Waals surface area contributed by atoms with E-state index in [1.54, 1.807) is 6.20 Å². The highest BCUT2D eigenvalue weighted by Gasteiger charge is 2.28. The zero-order valence-electron chi connectivity index (χ0n) is 13.0. The Morgan fingerprint density at radius 2 is 1.88 bits per heavy atom. The van der Waals surface area contributed by atoms with Gasteiger partial charge in [0.2, 0.25) is 0 Å². The maximum absolute atomic E-state index is 6.20. The molecule has 1 fully saturated rings. The van der Waals surface area contributed by atoms with Gasteiger partial charge in [-0.05, 0) is 30.5 Å². The molecule has 4 N–H and O–H groups in total. The van der Waals surface area contributed by atoms with Crippen molar-refractivity contribution in [1.82, 2.24) is 19.5 Å². The number of hydrogen-bond acceptors (Lipinski definition) is 5. The lowest BCUT2D eigenvalue weighted by atomic mass is 10.00. The fourth-order valence-electron chi connectivity index (χ4n) is 3.37. The highest BCUT2D eigenvalue weighted by Crippen LogP contribution is 2.43. The van der Waals surface area contributed by atoms with Crippen LogP contribution in [0.5, 0.6) is 0 Å². The number of nitrogens with zero attached hydrogens (tertiary/aromatic N) is 4.